The Morgan fingerprint density at radius 2 is 1.80 bits per heavy atom. The molecule has 0 saturated heterocycles. The first kappa shape index (κ1) is 24.0. The minimum Gasteiger partial charge on any atom is -0.497 e. The van der Waals surface area contributed by atoms with Gasteiger partial charge in [-0.3, -0.25) is 4.79 Å². The van der Waals surface area contributed by atoms with Crippen LogP contribution in [0.5, 0.6) is 5.75 Å². The third-order valence-electron chi connectivity index (χ3n) is 5.48. The Balaban J connectivity index is 1.74. The van der Waals surface area contributed by atoms with E-state index in [9.17, 15) is 10.1 Å². The van der Waals surface area contributed by atoms with Crippen LogP contribution < -0.4 is 10.1 Å². The Morgan fingerprint density at radius 3 is 2.46 bits per heavy atom. The predicted molar refractivity (Wildman–Crippen MR) is 139 cm³/mol. The van der Waals surface area contributed by atoms with E-state index in [0.717, 1.165) is 33.7 Å². The molecule has 1 atom stereocenters. The fourth-order valence-corrected chi connectivity index (χ4v) is 4.45. The summed E-state index contributed by atoms with van der Waals surface area (Å²) in [6.07, 6.45) is 1.64. The summed E-state index contributed by atoms with van der Waals surface area (Å²) < 4.78 is 5.28. The molecule has 0 saturated carbocycles. The quantitative estimate of drug-likeness (QED) is 0.321. The molecule has 0 radical (unpaired) electrons. The summed E-state index contributed by atoms with van der Waals surface area (Å²) >= 11 is 1.26. The Bertz CT molecular complexity index is 1380. The largest absolute Gasteiger partial charge is 0.497 e. The molecule has 1 amide bonds. The zero-order valence-corrected chi connectivity index (χ0v) is 20.5. The minimum absolute atomic E-state index is 0.210. The molecule has 0 spiro atoms. The van der Waals surface area contributed by atoms with Crippen molar-refractivity contribution in [2.45, 2.75) is 24.1 Å². The Hall–Kier alpha value is -4.15. The number of anilines is 1. The number of methoxy groups -OCH3 is 1. The summed E-state index contributed by atoms with van der Waals surface area (Å²) in [7, 11) is 1.61. The van der Waals surface area contributed by atoms with Crippen LogP contribution in [0.15, 0.2) is 84.0 Å². The molecule has 2 aromatic heterocycles. The SMILES string of the molecule is COc1ccc(-c2cc(-c3ccccc3)nc(SC(C)C(=O)Nc3ncccc3C)c2C#N)cc1. The predicted octanol–water partition coefficient (Wildman–Crippen LogP) is 6.12. The standard InChI is InChI=1S/C28H24N4O2S/c1-18-8-7-15-30-26(18)32-27(33)19(2)35-28-24(17-29)23(20-11-13-22(34-3)14-12-20)16-25(31-28)21-9-5-4-6-10-21/h4-16,19H,1-3H3,(H,30,32,33). The molecule has 0 aliphatic carbocycles. The van der Waals surface area contributed by atoms with Gasteiger partial charge in [-0.15, -0.1) is 0 Å². The number of hydrogen-bond acceptors (Lipinski definition) is 6. The molecule has 6 nitrogen and oxygen atoms in total. The number of amides is 1. The number of carbonyl (C=O) groups is 1. The molecular formula is C28H24N4O2S. The highest BCUT2D eigenvalue weighted by Gasteiger charge is 2.22. The first-order valence-electron chi connectivity index (χ1n) is 11.0. The first-order valence-corrected chi connectivity index (χ1v) is 11.9. The van der Waals surface area contributed by atoms with E-state index in [-0.39, 0.29) is 5.91 Å². The lowest BCUT2D eigenvalue weighted by Gasteiger charge is -2.16. The molecular weight excluding hydrogens is 456 g/mol. The van der Waals surface area contributed by atoms with Crippen molar-refractivity contribution in [3.8, 4) is 34.2 Å². The number of rotatable bonds is 7. The van der Waals surface area contributed by atoms with Crippen molar-refractivity contribution in [1.82, 2.24) is 9.97 Å². The Labute approximate surface area is 209 Å². The van der Waals surface area contributed by atoms with Gasteiger partial charge in [-0.1, -0.05) is 60.3 Å². The second-order valence-electron chi connectivity index (χ2n) is 7.86. The number of carbonyl (C=O) groups excluding carboxylic acids is 1. The topological polar surface area (TPSA) is 87.9 Å². The third kappa shape index (κ3) is 5.51. The van der Waals surface area contributed by atoms with Crippen LogP contribution in [0, 0.1) is 18.3 Å². The van der Waals surface area contributed by atoms with E-state index >= 15 is 0 Å². The Kier molecular flexibility index (Phi) is 7.44. The van der Waals surface area contributed by atoms with E-state index in [2.05, 4.69) is 16.4 Å². The van der Waals surface area contributed by atoms with Gasteiger partial charge in [0.25, 0.3) is 0 Å². The smallest absolute Gasteiger partial charge is 0.238 e. The van der Waals surface area contributed by atoms with Gasteiger partial charge in [0, 0.05) is 17.3 Å². The van der Waals surface area contributed by atoms with Crippen LogP contribution in [0.1, 0.15) is 18.1 Å². The molecule has 2 aromatic carbocycles. The van der Waals surface area contributed by atoms with Gasteiger partial charge in [0.15, 0.2) is 0 Å². The number of benzene rings is 2. The maximum Gasteiger partial charge on any atom is 0.238 e. The molecule has 174 valence electrons. The van der Waals surface area contributed by atoms with Crippen LogP contribution in [-0.2, 0) is 4.79 Å². The molecule has 2 heterocycles. The summed E-state index contributed by atoms with van der Waals surface area (Å²) in [5.41, 5.74) is 4.57. The van der Waals surface area contributed by atoms with Crippen molar-refractivity contribution in [3.05, 3.63) is 90.1 Å². The average molecular weight is 481 g/mol. The van der Waals surface area contributed by atoms with E-state index < -0.39 is 5.25 Å². The molecule has 4 rings (SSSR count). The maximum atomic E-state index is 13.0. The summed E-state index contributed by atoms with van der Waals surface area (Å²) in [5.74, 6) is 1.04. The molecule has 4 aromatic rings. The van der Waals surface area contributed by atoms with E-state index in [1.807, 2.05) is 79.7 Å². The lowest BCUT2D eigenvalue weighted by Crippen LogP contribution is -2.23. The van der Waals surface area contributed by atoms with Crippen molar-refractivity contribution in [3.63, 3.8) is 0 Å². The number of ether oxygens (including phenoxy) is 1. The molecule has 0 bridgehead atoms. The lowest BCUT2D eigenvalue weighted by molar-refractivity contribution is -0.115. The van der Waals surface area contributed by atoms with E-state index in [4.69, 9.17) is 9.72 Å². The van der Waals surface area contributed by atoms with Gasteiger partial charge in [-0.05, 0) is 49.2 Å². The third-order valence-corrected chi connectivity index (χ3v) is 6.56. The summed E-state index contributed by atoms with van der Waals surface area (Å²) in [6, 6.07) is 25.3. The van der Waals surface area contributed by atoms with Gasteiger partial charge in [0.2, 0.25) is 5.91 Å². The molecule has 0 fully saturated rings. The van der Waals surface area contributed by atoms with Gasteiger partial charge in [-0.2, -0.15) is 5.26 Å². The number of aromatic nitrogens is 2. The molecule has 7 heteroatoms. The molecule has 0 aliphatic rings. The molecule has 0 aliphatic heterocycles. The van der Waals surface area contributed by atoms with Gasteiger partial charge in [0.1, 0.15) is 22.7 Å². The summed E-state index contributed by atoms with van der Waals surface area (Å²) in [5, 5.41) is 13.0. The van der Waals surface area contributed by atoms with Crippen molar-refractivity contribution in [1.29, 1.82) is 5.26 Å². The van der Waals surface area contributed by atoms with E-state index in [1.165, 1.54) is 11.8 Å². The summed E-state index contributed by atoms with van der Waals surface area (Å²) in [4.78, 5) is 22.0. The van der Waals surface area contributed by atoms with Gasteiger partial charge in [0.05, 0.1) is 23.6 Å². The lowest BCUT2D eigenvalue weighted by atomic mass is 9.99. The molecule has 35 heavy (non-hydrogen) atoms. The van der Waals surface area contributed by atoms with Crippen LogP contribution in [0.4, 0.5) is 5.82 Å². The highest BCUT2D eigenvalue weighted by Crippen LogP contribution is 2.36. The van der Waals surface area contributed by atoms with Crippen molar-refractivity contribution >= 4 is 23.5 Å². The monoisotopic (exact) mass is 480 g/mol. The van der Waals surface area contributed by atoms with Gasteiger partial charge >= 0.3 is 0 Å². The minimum atomic E-state index is -0.509. The number of aryl methyl sites for hydroxylation is 1. The zero-order valence-electron chi connectivity index (χ0n) is 19.6. The molecule has 1 N–H and O–H groups in total. The normalized spacial score (nSPS) is 11.4. The van der Waals surface area contributed by atoms with Crippen molar-refractivity contribution < 1.29 is 9.53 Å². The fraction of sp³-hybridized carbons (Fsp3) is 0.143. The summed E-state index contributed by atoms with van der Waals surface area (Å²) in [6.45, 7) is 3.68. The van der Waals surface area contributed by atoms with Crippen LogP contribution >= 0.6 is 11.8 Å². The first-order chi connectivity index (χ1) is 17.0. The van der Waals surface area contributed by atoms with E-state index in [1.54, 1.807) is 20.2 Å². The highest BCUT2D eigenvalue weighted by atomic mass is 32.2. The number of nitrogens with zero attached hydrogens (tertiary/aromatic N) is 3. The van der Waals surface area contributed by atoms with Gasteiger partial charge < -0.3 is 10.1 Å². The molecule has 1 unspecified atom stereocenters. The number of pyridine rings is 2. The number of hydrogen-bond donors (Lipinski definition) is 1. The highest BCUT2D eigenvalue weighted by molar-refractivity contribution is 8.00. The number of nitrogens with one attached hydrogen (secondary N) is 1. The zero-order chi connectivity index (χ0) is 24.8. The Morgan fingerprint density at radius 1 is 1.06 bits per heavy atom. The van der Waals surface area contributed by atoms with Crippen molar-refractivity contribution in [2.75, 3.05) is 12.4 Å². The van der Waals surface area contributed by atoms with Crippen LogP contribution in [0.2, 0.25) is 0 Å². The van der Waals surface area contributed by atoms with Crippen LogP contribution in [0.3, 0.4) is 0 Å². The van der Waals surface area contributed by atoms with E-state index in [0.29, 0.717) is 16.4 Å². The van der Waals surface area contributed by atoms with Crippen LogP contribution in [0.25, 0.3) is 22.4 Å². The maximum absolute atomic E-state index is 13.0. The second kappa shape index (κ2) is 10.9. The number of nitriles is 1. The van der Waals surface area contributed by atoms with Crippen molar-refractivity contribution in [2.24, 2.45) is 0 Å². The average Bonchev–Trinajstić information content (AvgIpc) is 2.90. The second-order valence-corrected chi connectivity index (χ2v) is 9.19. The number of thioether (sulfide) groups is 1. The van der Waals surface area contributed by atoms with Crippen LogP contribution in [-0.4, -0.2) is 28.2 Å². The van der Waals surface area contributed by atoms with Gasteiger partial charge in [-0.25, -0.2) is 9.97 Å². The fourth-order valence-electron chi connectivity index (χ4n) is 3.53.